The fourth-order valence-corrected chi connectivity index (χ4v) is 3.10. The van der Waals surface area contributed by atoms with E-state index in [2.05, 4.69) is 42.9 Å². The number of nitrogens with zero attached hydrogens (tertiary/aromatic N) is 4. The van der Waals surface area contributed by atoms with Crippen LogP contribution in [-0.4, -0.2) is 50.1 Å². The van der Waals surface area contributed by atoms with Gasteiger partial charge in [0.1, 0.15) is 5.65 Å². The topological polar surface area (TPSA) is 89.2 Å². The number of aromatic nitrogens is 3. The quantitative estimate of drug-likeness (QED) is 0.808. The molecule has 0 aliphatic carbocycles. The summed E-state index contributed by atoms with van der Waals surface area (Å²) < 4.78 is 2.30. The average molecular weight is 361 g/mol. The van der Waals surface area contributed by atoms with Crippen molar-refractivity contribution < 1.29 is 4.79 Å². The highest BCUT2D eigenvalue weighted by Crippen LogP contribution is 2.08. The maximum atomic E-state index is 12.4. The SMILES string of the molecule is CC(C)N(CCNC(=O)c1cnc2c(c1)c(=O)n(C)c(=O)n2C)C(C)C. The van der Waals surface area contributed by atoms with Gasteiger partial charge in [0.05, 0.1) is 10.9 Å². The molecule has 0 atom stereocenters. The lowest BCUT2D eigenvalue weighted by Crippen LogP contribution is -2.42. The third-order valence-electron chi connectivity index (χ3n) is 4.54. The fourth-order valence-electron chi connectivity index (χ4n) is 3.10. The molecule has 1 amide bonds. The first-order chi connectivity index (χ1) is 12.1. The third kappa shape index (κ3) is 3.85. The molecule has 0 unspecified atom stereocenters. The summed E-state index contributed by atoms with van der Waals surface area (Å²) in [5.74, 6) is -0.289. The van der Waals surface area contributed by atoms with Gasteiger partial charge in [-0.25, -0.2) is 9.78 Å². The highest BCUT2D eigenvalue weighted by atomic mass is 16.2. The molecule has 0 saturated heterocycles. The Balaban J connectivity index is 2.21. The van der Waals surface area contributed by atoms with Crippen molar-refractivity contribution in [1.29, 1.82) is 0 Å². The maximum Gasteiger partial charge on any atom is 0.332 e. The summed E-state index contributed by atoms with van der Waals surface area (Å²) in [5.41, 5.74) is -0.347. The van der Waals surface area contributed by atoms with Gasteiger partial charge in [-0.2, -0.15) is 0 Å². The van der Waals surface area contributed by atoms with Crippen molar-refractivity contribution in [3.05, 3.63) is 38.7 Å². The summed E-state index contributed by atoms with van der Waals surface area (Å²) in [5, 5.41) is 3.11. The van der Waals surface area contributed by atoms with Crippen LogP contribution >= 0.6 is 0 Å². The number of amides is 1. The van der Waals surface area contributed by atoms with Crippen molar-refractivity contribution >= 4 is 16.9 Å². The first-order valence-corrected chi connectivity index (χ1v) is 8.74. The van der Waals surface area contributed by atoms with Gasteiger partial charge in [-0.1, -0.05) is 0 Å². The second-order valence-corrected chi connectivity index (χ2v) is 6.98. The lowest BCUT2D eigenvalue weighted by atomic mass is 10.2. The van der Waals surface area contributed by atoms with E-state index in [-0.39, 0.29) is 16.9 Å². The van der Waals surface area contributed by atoms with E-state index in [1.54, 1.807) is 7.05 Å². The first kappa shape index (κ1) is 19.8. The molecule has 0 saturated carbocycles. The molecule has 1 N–H and O–H groups in total. The van der Waals surface area contributed by atoms with Crippen LogP contribution in [0, 0.1) is 0 Å². The van der Waals surface area contributed by atoms with E-state index in [9.17, 15) is 14.4 Å². The number of carbonyl (C=O) groups is 1. The molecule has 26 heavy (non-hydrogen) atoms. The van der Waals surface area contributed by atoms with Gasteiger partial charge in [-0.15, -0.1) is 0 Å². The Morgan fingerprint density at radius 2 is 1.77 bits per heavy atom. The van der Waals surface area contributed by atoms with Crippen LogP contribution in [0.15, 0.2) is 21.9 Å². The Labute approximate surface area is 152 Å². The van der Waals surface area contributed by atoms with Crippen LogP contribution in [0.2, 0.25) is 0 Å². The van der Waals surface area contributed by atoms with Gasteiger partial charge in [-0.05, 0) is 33.8 Å². The van der Waals surface area contributed by atoms with Gasteiger partial charge in [0, 0.05) is 45.5 Å². The number of hydrogen-bond donors (Lipinski definition) is 1. The van der Waals surface area contributed by atoms with Gasteiger partial charge in [0.25, 0.3) is 11.5 Å². The highest BCUT2D eigenvalue weighted by Gasteiger charge is 2.15. The third-order valence-corrected chi connectivity index (χ3v) is 4.54. The van der Waals surface area contributed by atoms with E-state index in [0.29, 0.717) is 24.2 Å². The largest absolute Gasteiger partial charge is 0.351 e. The number of rotatable bonds is 6. The molecule has 0 spiro atoms. The predicted molar refractivity (Wildman–Crippen MR) is 102 cm³/mol. The van der Waals surface area contributed by atoms with E-state index in [0.717, 1.165) is 11.1 Å². The van der Waals surface area contributed by atoms with Crippen LogP contribution in [0.5, 0.6) is 0 Å². The van der Waals surface area contributed by atoms with E-state index in [4.69, 9.17) is 0 Å². The number of fused-ring (bicyclic) bond motifs is 1. The molecule has 2 aromatic heterocycles. The number of hydrogen-bond acceptors (Lipinski definition) is 5. The minimum atomic E-state index is -0.462. The Bertz CT molecular complexity index is 919. The molecular formula is C18H27N5O3. The predicted octanol–water partition coefficient (Wildman–Crippen LogP) is 0.481. The average Bonchev–Trinajstić information content (AvgIpc) is 2.60. The van der Waals surface area contributed by atoms with Crippen LogP contribution in [-0.2, 0) is 14.1 Å². The smallest absolute Gasteiger partial charge is 0.332 e. The van der Waals surface area contributed by atoms with Crippen LogP contribution in [0.3, 0.4) is 0 Å². The van der Waals surface area contributed by atoms with Gasteiger partial charge < -0.3 is 5.32 Å². The van der Waals surface area contributed by atoms with Crippen LogP contribution in [0.25, 0.3) is 11.0 Å². The van der Waals surface area contributed by atoms with Gasteiger partial charge in [0.15, 0.2) is 0 Å². The van der Waals surface area contributed by atoms with Crippen LogP contribution in [0.1, 0.15) is 38.1 Å². The molecular weight excluding hydrogens is 334 g/mol. The molecule has 8 heteroatoms. The molecule has 0 aliphatic heterocycles. The normalized spacial score (nSPS) is 11.7. The zero-order valence-corrected chi connectivity index (χ0v) is 16.2. The summed E-state index contributed by atoms with van der Waals surface area (Å²) in [4.78, 5) is 43.1. The van der Waals surface area contributed by atoms with Gasteiger partial charge in [-0.3, -0.25) is 23.6 Å². The molecule has 2 heterocycles. The second-order valence-electron chi connectivity index (χ2n) is 6.98. The number of nitrogens with one attached hydrogen (secondary N) is 1. The Hall–Kier alpha value is -2.48. The summed E-state index contributed by atoms with van der Waals surface area (Å²) >= 11 is 0. The Kier molecular flexibility index (Phi) is 5.97. The van der Waals surface area contributed by atoms with Crippen LogP contribution in [0.4, 0.5) is 0 Å². The van der Waals surface area contributed by atoms with E-state index >= 15 is 0 Å². The van der Waals surface area contributed by atoms with E-state index in [1.165, 1.54) is 23.9 Å². The summed E-state index contributed by atoms with van der Waals surface area (Å²) in [6.45, 7) is 9.71. The Morgan fingerprint density at radius 3 is 2.35 bits per heavy atom. The number of aryl methyl sites for hydroxylation is 1. The number of carbonyl (C=O) groups excluding carboxylic acids is 1. The molecule has 0 bridgehead atoms. The van der Waals surface area contributed by atoms with E-state index in [1.807, 2.05) is 0 Å². The lowest BCUT2D eigenvalue weighted by molar-refractivity contribution is 0.0939. The minimum Gasteiger partial charge on any atom is -0.351 e. The molecule has 0 aromatic carbocycles. The molecule has 142 valence electrons. The zero-order valence-electron chi connectivity index (χ0n) is 16.2. The van der Waals surface area contributed by atoms with Crippen molar-refractivity contribution in [3.8, 4) is 0 Å². The minimum absolute atomic E-state index is 0.244. The first-order valence-electron chi connectivity index (χ1n) is 8.74. The molecule has 2 aromatic rings. The molecule has 0 radical (unpaired) electrons. The van der Waals surface area contributed by atoms with Crippen LogP contribution < -0.4 is 16.6 Å². The number of pyridine rings is 1. The molecule has 8 nitrogen and oxygen atoms in total. The molecule has 0 aliphatic rings. The van der Waals surface area contributed by atoms with Crippen molar-refractivity contribution in [2.75, 3.05) is 13.1 Å². The standard InChI is InChI=1S/C18H27N5O3/c1-11(2)23(12(3)4)8-7-19-16(24)13-9-14-15(20-10-13)21(5)18(26)22(6)17(14)25/h9-12H,7-8H2,1-6H3,(H,19,24). The van der Waals surface area contributed by atoms with Gasteiger partial charge in [0.2, 0.25) is 0 Å². The second kappa shape index (κ2) is 7.82. The fraction of sp³-hybridized carbons (Fsp3) is 0.556. The van der Waals surface area contributed by atoms with Crippen molar-refractivity contribution in [2.24, 2.45) is 14.1 Å². The monoisotopic (exact) mass is 361 g/mol. The summed E-state index contributed by atoms with van der Waals surface area (Å²) in [6, 6.07) is 2.26. The summed E-state index contributed by atoms with van der Waals surface area (Å²) in [7, 11) is 2.95. The maximum absolute atomic E-state index is 12.4. The highest BCUT2D eigenvalue weighted by molar-refractivity contribution is 5.96. The Morgan fingerprint density at radius 1 is 1.15 bits per heavy atom. The lowest BCUT2D eigenvalue weighted by Gasteiger charge is -2.30. The molecule has 0 fully saturated rings. The van der Waals surface area contributed by atoms with Gasteiger partial charge >= 0.3 is 5.69 Å². The molecule has 2 rings (SSSR count). The van der Waals surface area contributed by atoms with Crippen molar-refractivity contribution in [2.45, 2.75) is 39.8 Å². The van der Waals surface area contributed by atoms with Crippen molar-refractivity contribution in [1.82, 2.24) is 24.3 Å². The zero-order chi connectivity index (χ0) is 19.6. The van der Waals surface area contributed by atoms with Crippen molar-refractivity contribution in [3.63, 3.8) is 0 Å². The van der Waals surface area contributed by atoms with E-state index < -0.39 is 11.2 Å². The summed E-state index contributed by atoms with van der Waals surface area (Å²) in [6.07, 6.45) is 1.39.